The highest BCUT2D eigenvalue weighted by molar-refractivity contribution is 5.63. The molecule has 0 aliphatic carbocycles. The minimum Gasteiger partial charge on any atom is -0.372 e. The number of benzene rings is 2. The van der Waals surface area contributed by atoms with Gasteiger partial charge in [0.25, 0.3) is 0 Å². The lowest BCUT2D eigenvalue weighted by molar-refractivity contribution is 0.438. The molecular formula is C19H24N2. The third-order valence-corrected chi connectivity index (χ3v) is 4.36. The molecule has 21 heavy (non-hydrogen) atoms. The van der Waals surface area contributed by atoms with Crippen LogP contribution in [0, 0.1) is 12.8 Å². The smallest absolute Gasteiger partial charge is 0.0385 e. The summed E-state index contributed by atoms with van der Waals surface area (Å²) in [5.74, 6) is 0.878. The summed E-state index contributed by atoms with van der Waals surface area (Å²) in [7, 11) is 0. The first-order valence-electron chi connectivity index (χ1n) is 7.89. The van der Waals surface area contributed by atoms with Crippen LogP contribution >= 0.6 is 0 Å². The molecule has 1 saturated heterocycles. The van der Waals surface area contributed by atoms with Gasteiger partial charge in [0, 0.05) is 30.2 Å². The maximum absolute atomic E-state index is 3.45. The van der Waals surface area contributed by atoms with E-state index in [1.165, 1.54) is 37.2 Å². The average Bonchev–Trinajstić information content (AvgIpc) is 2.51. The summed E-state index contributed by atoms with van der Waals surface area (Å²) in [6.45, 7) is 6.84. The molecule has 1 aliphatic rings. The molecule has 2 nitrogen and oxygen atoms in total. The van der Waals surface area contributed by atoms with Gasteiger partial charge in [-0.05, 0) is 62.1 Å². The Morgan fingerprint density at radius 2 is 1.38 bits per heavy atom. The Morgan fingerprint density at radius 3 is 1.95 bits per heavy atom. The van der Waals surface area contributed by atoms with Gasteiger partial charge in [-0.25, -0.2) is 0 Å². The summed E-state index contributed by atoms with van der Waals surface area (Å²) in [6.07, 6.45) is 2.62. The molecule has 0 atom stereocenters. The molecule has 0 aromatic heterocycles. The highest BCUT2D eigenvalue weighted by atomic mass is 15.1. The van der Waals surface area contributed by atoms with E-state index < -0.39 is 0 Å². The van der Waals surface area contributed by atoms with E-state index in [9.17, 15) is 0 Å². The monoisotopic (exact) mass is 280 g/mol. The normalized spacial score (nSPS) is 16.0. The molecule has 1 N–H and O–H groups in total. The van der Waals surface area contributed by atoms with Gasteiger partial charge >= 0.3 is 0 Å². The minimum absolute atomic E-state index is 0.878. The van der Waals surface area contributed by atoms with Crippen molar-refractivity contribution in [3.8, 4) is 0 Å². The van der Waals surface area contributed by atoms with Gasteiger partial charge in [-0.15, -0.1) is 0 Å². The molecule has 0 spiro atoms. The van der Waals surface area contributed by atoms with Crippen LogP contribution in [0.1, 0.15) is 25.3 Å². The van der Waals surface area contributed by atoms with Crippen molar-refractivity contribution in [3.05, 3.63) is 54.1 Å². The third-order valence-electron chi connectivity index (χ3n) is 4.36. The van der Waals surface area contributed by atoms with Crippen LogP contribution in [0.4, 0.5) is 17.1 Å². The molecule has 2 aromatic rings. The van der Waals surface area contributed by atoms with Gasteiger partial charge in [0.15, 0.2) is 0 Å². The van der Waals surface area contributed by atoms with Crippen molar-refractivity contribution in [1.82, 2.24) is 0 Å². The predicted molar refractivity (Wildman–Crippen MR) is 91.5 cm³/mol. The second-order valence-electron chi connectivity index (χ2n) is 6.21. The van der Waals surface area contributed by atoms with Gasteiger partial charge in [-0.3, -0.25) is 0 Å². The Hall–Kier alpha value is -1.96. The molecule has 110 valence electrons. The molecule has 0 saturated carbocycles. The second kappa shape index (κ2) is 6.21. The molecule has 0 bridgehead atoms. The van der Waals surface area contributed by atoms with Crippen LogP contribution in [0.2, 0.25) is 0 Å². The van der Waals surface area contributed by atoms with Crippen molar-refractivity contribution in [3.63, 3.8) is 0 Å². The maximum atomic E-state index is 3.45. The van der Waals surface area contributed by atoms with Crippen LogP contribution in [-0.2, 0) is 0 Å². The number of aryl methyl sites for hydroxylation is 1. The van der Waals surface area contributed by atoms with Crippen LogP contribution in [0.15, 0.2) is 48.5 Å². The fourth-order valence-corrected chi connectivity index (χ4v) is 2.83. The molecule has 2 aromatic carbocycles. The van der Waals surface area contributed by atoms with Gasteiger partial charge < -0.3 is 10.2 Å². The van der Waals surface area contributed by atoms with Gasteiger partial charge in [-0.2, -0.15) is 0 Å². The zero-order valence-electron chi connectivity index (χ0n) is 13.0. The van der Waals surface area contributed by atoms with E-state index in [1.54, 1.807) is 0 Å². The van der Waals surface area contributed by atoms with E-state index in [0.717, 1.165) is 17.3 Å². The number of hydrogen-bond donors (Lipinski definition) is 1. The van der Waals surface area contributed by atoms with E-state index in [0.29, 0.717) is 0 Å². The van der Waals surface area contributed by atoms with E-state index >= 15 is 0 Å². The lowest BCUT2D eigenvalue weighted by atomic mass is 9.99. The fourth-order valence-electron chi connectivity index (χ4n) is 2.83. The summed E-state index contributed by atoms with van der Waals surface area (Å²) in [5.41, 5.74) is 4.92. The number of rotatable bonds is 3. The van der Waals surface area contributed by atoms with Crippen LogP contribution in [0.5, 0.6) is 0 Å². The number of nitrogens with one attached hydrogen (secondary N) is 1. The maximum Gasteiger partial charge on any atom is 0.0385 e. The topological polar surface area (TPSA) is 15.3 Å². The van der Waals surface area contributed by atoms with Crippen molar-refractivity contribution in [2.75, 3.05) is 23.3 Å². The van der Waals surface area contributed by atoms with Crippen LogP contribution in [0.3, 0.4) is 0 Å². The molecular weight excluding hydrogens is 256 g/mol. The Kier molecular flexibility index (Phi) is 4.14. The van der Waals surface area contributed by atoms with Gasteiger partial charge in [-0.1, -0.05) is 24.6 Å². The van der Waals surface area contributed by atoms with Crippen molar-refractivity contribution < 1.29 is 0 Å². The Bertz CT molecular complexity index is 564. The zero-order valence-corrected chi connectivity index (χ0v) is 13.0. The van der Waals surface area contributed by atoms with Crippen LogP contribution in [-0.4, -0.2) is 13.1 Å². The quantitative estimate of drug-likeness (QED) is 0.853. The van der Waals surface area contributed by atoms with Crippen molar-refractivity contribution in [2.24, 2.45) is 5.92 Å². The molecule has 0 radical (unpaired) electrons. The average molecular weight is 280 g/mol. The second-order valence-corrected chi connectivity index (χ2v) is 6.21. The molecule has 0 unspecified atom stereocenters. The van der Waals surface area contributed by atoms with Crippen LogP contribution < -0.4 is 10.2 Å². The molecule has 0 amide bonds. The van der Waals surface area contributed by atoms with Gasteiger partial charge in [0.2, 0.25) is 0 Å². The summed E-state index contributed by atoms with van der Waals surface area (Å²) in [4.78, 5) is 2.50. The van der Waals surface area contributed by atoms with Crippen LogP contribution in [0.25, 0.3) is 0 Å². The van der Waals surface area contributed by atoms with Crippen molar-refractivity contribution in [1.29, 1.82) is 0 Å². The van der Waals surface area contributed by atoms with E-state index in [2.05, 4.69) is 72.6 Å². The SMILES string of the molecule is Cc1ccc(Nc2ccc(N3CCC(C)CC3)cc2)cc1. The molecule has 1 aliphatic heterocycles. The summed E-state index contributed by atoms with van der Waals surface area (Å²) < 4.78 is 0. The lowest BCUT2D eigenvalue weighted by Crippen LogP contribution is -2.32. The molecule has 1 fully saturated rings. The molecule has 3 rings (SSSR count). The van der Waals surface area contributed by atoms with Gasteiger partial charge in [0.1, 0.15) is 0 Å². The standard InChI is InChI=1S/C19H24N2/c1-15-3-5-17(6-4-15)20-18-7-9-19(10-8-18)21-13-11-16(2)12-14-21/h3-10,16,20H,11-14H2,1-2H3. The van der Waals surface area contributed by atoms with E-state index in [4.69, 9.17) is 0 Å². The lowest BCUT2D eigenvalue weighted by Gasteiger charge is -2.32. The first-order chi connectivity index (χ1) is 10.2. The first kappa shape index (κ1) is 14.0. The highest BCUT2D eigenvalue weighted by Crippen LogP contribution is 2.25. The summed E-state index contributed by atoms with van der Waals surface area (Å²) in [5, 5.41) is 3.45. The molecule has 1 heterocycles. The predicted octanol–water partition coefficient (Wildman–Crippen LogP) is 4.97. The minimum atomic E-state index is 0.878. The fraction of sp³-hybridized carbons (Fsp3) is 0.368. The molecule has 2 heteroatoms. The Morgan fingerprint density at radius 1 is 0.857 bits per heavy atom. The van der Waals surface area contributed by atoms with E-state index in [1.807, 2.05) is 0 Å². The highest BCUT2D eigenvalue weighted by Gasteiger charge is 2.15. The number of piperidine rings is 1. The number of anilines is 3. The van der Waals surface area contributed by atoms with Crippen molar-refractivity contribution in [2.45, 2.75) is 26.7 Å². The Labute approximate surface area is 127 Å². The Balaban J connectivity index is 1.65. The number of hydrogen-bond acceptors (Lipinski definition) is 2. The summed E-state index contributed by atoms with van der Waals surface area (Å²) in [6, 6.07) is 17.3. The number of nitrogens with zero attached hydrogens (tertiary/aromatic N) is 1. The van der Waals surface area contributed by atoms with Gasteiger partial charge in [0.05, 0.1) is 0 Å². The van der Waals surface area contributed by atoms with Crippen molar-refractivity contribution >= 4 is 17.1 Å². The zero-order chi connectivity index (χ0) is 14.7. The van der Waals surface area contributed by atoms with E-state index in [-0.39, 0.29) is 0 Å². The summed E-state index contributed by atoms with van der Waals surface area (Å²) >= 11 is 0. The third kappa shape index (κ3) is 3.57. The largest absolute Gasteiger partial charge is 0.372 e. The first-order valence-corrected chi connectivity index (χ1v) is 7.89.